The Morgan fingerprint density at radius 3 is 2.29 bits per heavy atom. The van der Waals surface area contributed by atoms with Gasteiger partial charge in [0.25, 0.3) is 5.91 Å². The van der Waals surface area contributed by atoms with Gasteiger partial charge in [-0.3, -0.25) is 14.4 Å². The van der Waals surface area contributed by atoms with Crippen LogP contribution in [0.4, 0.5) is 0 Å². The molecule has 1 aromatic carbocycles. The van der Waals surface area contributed by atoms with E-state index in [0.29, 0.717) is 11.1 Å². The van der Waals surface area contributed by atoms with E-state index < -0.39 is 5.91 Å². The fourth-order valence-electron chi connectivity index (χ4n) is 1.14. The second-order valence-electron chi connectivity index (χ2n) is 2.74. The molecule has 0 aliphatic rings. The normalized spacial score (nSPS) is 9.57. The maximum absolute atomic E-state index is 11.4. The molecule has 1 amide bonds. The summed E-state index contributed by atoms with van der Waals surface area (Å²) in [7, 11) is 1.34. The lowest BCUT2D eigenvalue weighted by atomic mass is 10.0. The van der Waals surface area contributed by atoms with Crippen LogP contribution in [0.15, 0.2) is 24.3 Å². The van der Waals surface area contributed by atoms with E-state index in [-0.39, 0.29) is 5.78 Å². The van der Waals surface area contributed by atoms with E-state index in [4.69, 9.17) is 0 Å². The molecule has 0 atom stereocenters. The van der Waals surface area contributed by atoms with Crippen molar-refractivity contribution in [3.05, 3.63) is 35.4 Å². The Labute approximate surface area is 81.8 Å². The minimum Gasteiger partial charge on any atom is -0.294 e. The molecule has 0 fully saturated rings. The zero-order valence-corrected chi connectivity index (χ0v) is 8.03. The van der Waals surface area contributed by atoms with Crippen LogP contribution in [-0.4, -0.2) is 18.8 Å². The minimum atomic E-state index is -0.418. The van der Waals surface area contributed by atoms with Gasteiger partial charge < -0.3 is 0 Å². The van der Waals surface area contributed by atoms with Crippen LogP contribution in [0.5, 0.6) is 0 Å². The van der Waals surface area contributed by atoms with Crippen molar-refractivity contribution >= 4 is 11.7 Å². The van der Waals surface area contributed by atoms with Gasteiger partial charge >= 0.3 is 0 Å². The number of ketones is 1. The number of Topliss-reactive ketones (excluding diaryl/α,β-unsaturated/α-hetero) is 1. The van der Waals surface area contributed by atoms with Gasteiger partial charge in [0.1, 0.15) is 0 Å². The minimum absolute atomic E-state index is 0.146. The highest BCUT2D eigenvalue weighted by molar-refractivity contribution is 6.06. The molecule has 0 radical (unpaired) electrons. The smallest absolute Gasteiger partial charge is 0.275 e. The van der Waals surface area contributed by atoms with Crippen LogP contribution in [0.3, 0.4) is 0 Å². The van der Waals surface area contributed by atoms with Crippen LogP contribution in [0, 0.1) is 0 Å². The Bertz CT molecular complexity index is 360. The number of carbonyl (C=O) groups is 2. The van der Waals surface area contributed by atoms with Gasteiger partial charge in [-0.25, -0.2) is 5.48 Å². The molecule has 4 heteroatoms. The first-order valence-electron chi connectivity index (χ1n) is 4.10. The van der Waals surface area contributed by atoms with Gasteiger partial charge in [0.05, 0.1) is 12.7 Å². The van der Waals surface area contributed by atoms with Crippen LogP contribution in [0.2, 0.25) is 0 Å². The second-order valence-corrected chi connectivity index (χ2v) is 2.74. The van der Waals surface area contributed by atoms with Crippen LogP contribution in [0.1, 0.15) is 27.6 Å². The molecule has 1 aromatic rings. The van der Waals surface area contributed by atoms with Gasteiger partial charge in [-0.1, -0.05) is 18.2 Å². The average Bonchev–Trinajstić information content (AvgIpc) is 2.18. The number of nitrogens with one attached hydrogen (secondary N) is 1. The third kappa shape index (κ3) is 2.17. The zero-order valence-electron chi connectivity index (χ0n) is 8.03. The quantitative estimate of drug-likeness (QED) is 0.579. The topological polar surface area (TPSA) is 55.4 Å². The Balaban J connectivity index is 3.07. The maximum Gasteiger partial charge on any atom is 0.275 e. The molecule has 0 aliphatic heterocycles. The van der Waals surface area contributed by atoms with Crippen LogP contribution >= 0.6 is 0 Å². The third-order valence-corrected chi connectivity index (χ3v) is 1.75. The van der Waals surface area contributed by atoms with Crippen LogP contribution in [0.25, 0.3) is 0 Å². The summed E-state index contributed by atoms with van der Waals surface area (Å²) in [6.45, 7) is 1.42. The van der Waals surface area contributed by atoms with Gasteiger partial charge in [-0.15, -0.1) is 0 Å². The van der Waals surface area contributed by atoms with Gasteiger partial charge in [0.2, 0.25) is 0 Å². The summed E-state index contributed by atoms with van der Waals surface area (Å²) in [5.41, 5.74) is 2.88. The Kier molecular flexibility index (Phi) is 3.36. The number of hydroxylamine groups is 1. The molecule has 0 aromatic heterocycles. The highest BCUT2D eigenvalue weighted by atomic mass is 16.6. The summed E-state index contributed by atoms with van der Waals surface area (Å²) in [5.74, 6) is -0.565. The van der Waals surface area contributed by atoms with Crippen LogP contribution < -0.4 is 5.48 Å². The molecule has 0 heterocycles. The monoisotopic (exact) mass is 193 g/mol. The van der Waals surface area contributed by atoms with Gasteiger partial charge in [0.15, 0.2) is 5.78 Å². The number of benzene rings is 1. The molecule has 0 unspecified atom stereocenters. The largest absolute Gasteiger partial charge is 0.294 e. The van der Waals surface area contributed by atoms with Crippen molar-refractivity contribution in [2.24, 2.45) is 0 Å². The standard InChI is InChI=1S/C10H11NO3/c1-7(12)8-5-3-4-6-9(8)10(13)11-14-2/h3-6H,1-2H3,(H,11,13). The zero-order chi connectivity index (χ0) is 10.6. The van der Waals surface area contributed by atoms with E-state index in [2.05, 4.69) is 10.3 Å². The molecule has 0 bridgehead atoms. The van der Waals surface area contributed by atoms with Gasteiger partial charge in [-0.2, -0.15) is 0 Å². The summed E-state index contributed by atoms with van der Waals surface area (Å²) in [6, 6.07) is 6.58. The van der Waals surface area contributed by atoms with Crippen molar-refractivity contribution < 1.29 is 14.4 Å². The van der Waals surface area contributed by atoms with Crippen molar-refractivity contribution in [3.63, 3.8) is 0 Å². The molecule has 1 N–H and O–H groups in total. The summed E-state index contributed by atoms with van der Waals surface area (Å²) < 4.78 is 0. The highest BCUT2D eigenvalue weighted by Crippen LogP contribution is 2.09. The first kappa shape index (κ1) is 10.4. The van der Waals surface area contributed by atoms with E-state index in [0.717, 1.165) is 0 Å². The average molecular weight is 193 g/mol. The number of hydrogen-bond donors (Lipinski definition) is 1. The molecular weight excluding hydrogens is 182 g/mol. The third-order valence-electron chi connectivity index (χ3n) is 1.75. The van der Waals surface area contributed by atoms with Crippen molar-refractivity contribution in [3.8, 4) is 0 Å². The maximum atomic E-state index is 11.4. The lowest BCUT2D eigenvalue weighted by Gasteiger charge is -2.05. The summed E-state index contributed by atoms with van der Waals surface area (Å²) in [5, 5.41) is 0. The highest BCUT2D eigenvalue weighted by Gasteiger charge is 2.12. The van der Waals surface area contributed by atoms with Crippen molar-refractivity contribution in [1.82, 2.24) is 5.48 Å². The molecule has 1 rings (SSSR count). The van der Waals surface area contributed by atoms with Crippen LogP contribution in [-0.2, 0) is 4.84 Å². The lowest BCUT2D eigenvalue weighted by Crippen LogP contribution is -2.23. The van der Waals surface area contributed by atoms with E-state index in [1.54, 1.807) is 24.3 Å². The predicted octanol–water partition coefficient (Wildman–Crippen LogP) is 1.18. The summed E-state index contributed by atoms with van der Waals surface area (Å²) in [4.78, 5) is 27.0. The van der Waals surface area contributed by atoms with Gasteiger partial charge in [0, 0.05) is 5.56 Å². The van der Waals surface area contributed by atoms with Crippen molar-refractivity contribution in [2.75, 3.05) is 7.11 Å². The molecule has 4 nitrogen and oxygen atoms in total. The SMILES string of the molecule is CONC(=O)c1ccccc1C(C)=O. The van der Waals surface area contributed by atoms with Crippen molar-refractivity contribution in [1.29, 1.82) is 0 Å². The fraction of sp³-hybridized carbons (Fsp3) is 0.200. The number of amides is 1. The van der Waals surface area contributed by atoms with E-state index >= 15 is 0 Å². The second kappa shape index (κ2) is 4.53. The van der Waals surface area contributed by atoms with E-state index in [9.17, 15) is 9.59 Å². The number of hydrogen-bond acceptors (Lipinski definition) is 3. The first-order valence-corrected chi connectivity index (χ1v) is 4.10. The molecule has 74 valence electrons. The summed E-state index contributed by atoms with van der Waals surface area (Å²) in [6.07, 6.45) is 0. The molecule has 0 aliphatic carbocycles. The molecule has 0 spiro atoms. The van der Waals surface area contributed by atoms with Gasteiger partial charge in [-0.05, 0) is 13.0 Å². The Hall–Kier alpha value is -1.68. The fourth-order valence-corrected chi connectivity index (χ4v) is 1.14. The number of rotatable bonds is 3. The van der Waals surface area contributed by atoms with E-state index in [1.165, 1.54) is 14.0 Å². The first-order chi connectivity index (χ1) is 6.66. The molecular formula is C10H11NO3. The molecule has 14 heavy (non-hydrogen) atoms. The Morgan fingerprint density at radius 2 is 1.79 bits per heavy atom. The lowest BCUT2D eigenvalue weighted by molar-refractivity contribution is 0.0535. The Morgan fingerprint density at radius 1 is 1.21 bits per heavy atom. The van der Waals surface area contributed by atoms with E-state index in [1.807, 2.05) is 0 Å². The summed E-state index contributed by atoms with van der Waals surface area (Å²) >= 11 is 0. The molecule has 0 saturated heterocycles. The molecule has 0 saturated carbocycles. The van der Waals surface area contributed by atoms with Crippen molar-refractivity contribution in [2.45, 2.75) is 6.92 Å². The number of carbonyl (C=O) groups excluding carboxylic acids is 2. The predicted molar refractivity (Wildman–Crippen MR) is 50.9 cm³/mol.